The van der Waals surface area contributed by atoms with Gasteiger partial charge in [0.15, 0.2) is 11.5 Å². The van der Waals surface area contributed by atoms with E-state index in [1.165, 1.54) is 12.1 Å². The number of aliphatic hydroxyl groups excluding tert-OH is 1. The van der Waals surface area contributed by atoms with Crippen LogP contribution in [0.25, 0.3) is 0 Å². The summed E-state index contributed by atoms with van der Waals surface area (Å²) in [5.41, 5.74) is 0.631. The molecule has 0 spiro atoms. The predicted molar refractivity (Wildman–Crippen MR) is 64.9 cm³/mol. The highest BCUT2D eigenvalue weighted by Gasteiger charge is 2.26. The van der Waals surface area contributed by atoms with E-state index in [2.05, 4.69) is 12.2 Å². The molecule has 1 aliphatic heterocycles. The molecule has 0 aliphatic carbocycles. The molecule has 4 N–H and O–H groups in total. The van der Waals surface area contributed by atoms with Crippen molar-refractivity contribution in [2.24, 2.45) is 5.92 Å². The maximum Gasteiger partial charge on any atom is 0.157 e. The molecule has 1 aromatic rings. The third kappa shape index (κ3) is 2.70. The van der Waals surface area contributed by atoms with Crippen LogP contribution in [0.3, 0.4) is 0 Å². The zero-order chi connectivity index (χ0) is 12.4. The van der Waals surface area contributed by atoms with Crippen LogP contribution in [0.1, 0.15) is 31.4 Å². The van der Waals surface area contributed by atoms with Crippen LogP contribution in [0.4, 0.5) is 0 Å². The Morgan fingerprint density at radius 1 is 1.29 bits per heavy atom. The molecule has 0 saturated carbocycles. The fourth-order valence-electron chi connectivity index (χ4n) is 2.35. The molecule has 4 heteroatoms. The second kappa shape index (κ2) is 4.94. The van der Waals surface area contributed by atoms with Gasteiger partial charge in [-0.1, -0.05) is 13.0 Å². The molecule has 1 aromatic carbocycles. The van der Waals surface area contributed by atoms with Crippen molar-refractivity contribution in [3.63, 3.8) is 0 Å². The largest absolute Gasteiger partial charge is 0.504 e. The number of piperidine rings is 1. The normalized spacial score (nSPS) is 26.7. The minimum Gasteiger partial charge on any atom is -0.504 e. The summed E-state index contributed by atoms with van der Waals surface area (Å²) in [6.45, 7) is 3.09. The smallest absolute Gasteiger partial charge is 0.157 e. The van der Waals surface area contributed by atoms with Crippen molar-refractivity contribution in [3.8, 4) is 11.5 Å². The predicted octanol–water partition coefficient (Wildman–Crippen LogP) is 1.52. The first-order valence-corrected chi connectivity index (χ1v) is 6.01. The lowest BCUT2D eigenvalue weighted by molar-refractivity contribution is 0.101. The fraction of sp³-hybridized carbons (Fsp3) is 0.538. The lowest BCUT2D eigenvalue weighted by atomic mass is 9.89. The highest BCUT2D eigenvalue weighted by molar-refractivity contribution is 5.41. The van der Waals surface area contributed by atoms with Crippen LogP contribution in [-0.4, -0.2) is 27.9 Å². The molecule has 1 aliphatic rings. The summed E-state index contributed by atoms with van der Waals surface area (Å²) in [4.78, 5) is 0. The Kier molecular flexibility index (Phi) is 3.54. The van der Waals surface area contributed by atoms with Crippen LogP contribution < -0.4 is 5.32 Å². The first-order chi connectivity index (χ1) is 8.08. The second-order valence-corrected chi connectivity index (χ2v) is 4.88. The van der Waals surface area contributed by atoms with E-state index in [1.54, 1.807) is 6.07 Å². The minimum atomic E-state index is -0.649. The molecule has 17 heavy (non-hydrogen) atoms. The van der Waals surface area contributed by atoms with Crippen LogP contribution in [-0.2, 0) is 0 Å². The van der Waals surface area contributed by atoms with Crippen molar-refractivity contribution in [2.45, 2.75) is 31.9 Å². The van der Waals surface area contributed by atoms with Crippen LogP contribution in [0.5, 0.6) is 11.5 Å². The molecule has 0 aromatic heterocycles. The van der Waals surface area contributed by atoms with E-state index in [0.29, 0.717) is 11.5 Å². The Hall–Kier alpha value is -1.26. The van der Waals surface area contributed by atoms with Gasteiger partial charge in [0.05, 0.1) is 6.10 Å². The van der Waals surface area contributed by atoms with E-state index in [-0.39, 0.29) is 17.5 Å². The standard InChI is InChI=1S/C13H19NO3/c1-8-4-5-14-10(6-8)13(17)9-2-3-11(15)12(16)7-9/h2-3,7-8,10,13-17H,4-6H2,1H3. The summed E-state index contributed by atoms with van der Waals surface area (Å²) < 4.78 is 0. The van der Waals surface area contributed by atoms with Crippen molar-refractivity contribution in [1.82, 2.24) is 5.32 Å². The molecule has 3 unspecified atom stereocenters. The van der Waals surface area contributed by atoms with Crippen molar-refractivity contribution in [3.05, 3.63) is 23.8 Å². The Bertz CT molecular complexity index is 394. The van der Waals surface area contributed by atoms with Gasteiger partial charge >= 0.3 is 0 Å². The molecule has 1 heterocycles. The number of benzene rings is 1. The van der Waals surface area contributed by atoms with Crippen LogP contribution in [0.15, 0.2) is 18.2 Å². The number of rotatable bonds is 2. The summed E-state index contributed by atoms with van der Waals surface area (Å²) in [6, 6.07) is 4.48. The lowest BCUT2D eigenvalue weighted by Gasteiger charge is -2.31. The molecule has 0 amide bonds. The van der Waals surface area contributed by atoms with Gasteiger partial charge < -0.3 is 20.6 Å². The number of hydrogen-bond donors (Lipinski definition) is 4. The zero-order valence-electron chi connectivity index (χ0n) is 9.93. The SMILES string of the molecule is CC1CCNC(C(O)c2ccc(O)c(O)c2)C1. The Morgan fingerprint density at radius 3 is 2.71 bits per heavy atom. The number of aliphatic hydroxyl groups is 1. The number of aromatic hydroxyl groups is 2. The number of phenolic OH excluding ortho intramolecular Hbond substituents is 2. The van der Waals surface area contributed by atoms with Crippen molar-refractivity contribution in [2.75, 3.05) is 6.54 Å². The van der Waals surface area contributed by atoms with Gasteiger partial charge in [0.2, 0.25) is 0 Å². The van der Waals surface area contributed by atoms with Crippen molar-refractivity contribution in [1.29, 1.82) is 0 Å². The third-order valence-electron chi connectivity index (χ3n) is 3.42. The summed E-state index contributed by atoms with van der Waals surface area (Å²) in [6.07, 6.45) is 1.40. The van der Waals surface area contributed by atoms with E-state index < -0.39 is 6.10 Å². The molecule has 3 atom stereocenters. The second-order valence-electron chi connectivity index (χ2n) is 4.88. The van der Waals surface area contributed by atoms with Crippen molar-refractivity contribution >= 4 is 0 Å². The minimum absolute atomic E-state index is 0.0164. The number of hydrogen-bond acceptors (Lipinski definition) is 4. The van der Waals surface area contributed by atoms with Crippen molar-refractivity contribution < 1.29 is 15.3 Å². The fourth-order valence-corrected chi connectivity index (χ4v) is 2.35. The zero-order valence-corrected chi connectivity index (χ0v) is 9.93. The topological polar surface area (TPSA) is 72.7 Å². The van der Waals surface area contributed by atoms with Crippen LogP contribution >= 0.6 is 0 Å². The van der Waals surface area contributed by atoms with E-state index in [1.807, 2.05) is 0 Å². The molecule has 0 radical (unpaired) electrons. The van der Waals surface area contributed by atoms with E-state index in [9.17, 15) is 15.3 Å². The van der Waals surface area contributed by atoms with Gasteiger partial charge in [-0.25, -0.2) is 0 Å². The van der Waals surface area contributed by atoms with Gasteiger partial charge in [0, 0.05) is 6.04 Å². The Balaban J connectivity index is 2.12. The molecular weight excluding hydrogens is 218 g/mol. The Morgan fingerprint density at radius 2 is 2.06 bits per heavy atom. The van der Waals surface area contributed by atoms with E-state index in [4.69, 9.17) is 0 Å². The van der Waals surface area contributed by atoms with Gasteiger partial charge in [-0.05, 0) is 43.0 Å². The van der Waals surface area contributed by atoms with Gasteiger partial charge in [0.1, 0.15) is 0 Å². The molecule has 2 rings (SSSR count). The maximum absolute atomic E-state index is 10.2. The van der Waals surface area contributed by atoms with Gasteiger partial charge in [-0.15, -0.1) is 0 Å². The van der Waals surface area contributed by atoms with Crippen LogP contribution in [0.2, 0.25) is 0 Å². The maximum atomic E-state index is 10.2. The molecule has 94 valence electrons. The first-order valence-electron chi connectivity index (χ1n) is 6.01. The quantitative estimate of drug-likeness (QED) is 0.588. The van der Waals surface area contributed by atoms with Gasteiger partial charge in [-0.2, -0.15) is 0 Å². The van der Waals surface area contributed by atoms with Gasteiger partial charge in [0.25, 0.3) is 0 Å². The average molecular weight is 237 g/mol. The summed E-state index contributed by atoms with van der Waals surface area (Å²) in [5, 5.41) is 32.2. The molecule has 1 saturated heterocycles. The summed E-state index contributed by atoms with van der Waals surface area (Å²) >= 11 is 0. The van der Waals surface area contributed by atoms with E-state index >= 15 is 0 Å². The van der Waals surface area contributed by atoms with E-state index in [0.717, 1.165) is 19.4 Å². The molecule has 4 nitrogen and oxygen atoms in total. The molecule has 1 fully saturated rings. The molecular formula is C13H19NO3. The van der Waals surface area contributed by atoms with Crippen LogP contribution in [0, 0.1) is 5.92 Å². The van der Waals surface area contributed by atoms with Gasteiger partial charge in [-0.3, -0.25) is 0 Å². The highest BCUT2D eigenvalue weighted by Crippen LogP contribution is 2.31. The Labute approximate surface area is 101 Å². The number of phenols is 2. The monoisotopic (exact) mass is 237 g/mol. The lowest BCUT2D eigenvalue weighted by Crippen LogP contribution is -2.41. The molecule has 0 bridgehead atoms. The number of nitrogens with one attached hydrogen (secondary N) is 1. The highest BCUT2D eigenvalue weighted by atomic mass is 16.3. The third-order valence-corrected chi connectivity index (χ3v) is 3.42. The summed E-state index contributed by atoms with van der Waals surface area (Å²) in [7, 11) is 0. The first kappa shape index (κ1) is 12.2. The average Bonchev–Trinajstić information content (AvgIpc) is 2.32. The summed E-state index contributed by atoms with van der Waals surface area (Å²) in [5.74, 6) is 0.248.